The Morgan fingerprint density at radius 3 is 2.44 bits per heavy atom. The van der Waals surface area contributed by atoms with E-state index in [-0.39, 0.29) is 18.0 Å². The lowest BCUT2D eigenvalue weighted by Crippen LogP contribution is -2.38. The van der Waals surface area contributed by atoms with Crippen molar-refractivity contribution in [1.82, 2.24) is 4.31 Å². The van der Waals surface area contributed by atoms with Crippen molar-refractivity contribution in [2.24, 2.45) is 0 Å². The fraction of sp³-hybridized carbons (Fsp3) is 0.263. The molecular weight excluding hydrogens is 366 g/mol. The molecule has 0 unspecified atom stereocenters. The van der Waals surface area contributed by atoms with E-state index < -0.39 is 15.9 Å². The Balaban J connectivity index is 2.20. The van der Waals surface area contributed by atoms with E-state index in [2.05, 4.69) is 5.32 Å². The van der Waals surface area contributed by atoms with Gasteiger partial charge >= 0.3 is 0 Å². The summed E-state index contributed by atoms with van der Waals surface area (Å²) < 4.78 is 32.1. The number of hydrogen-bond donors (Lipinski definition) is 1. The average Bonchev–Trinajstić information content (AvgIpc) is 2.68. The molecule has 0 heterocycles. The van der Waals surface area contributed by atoms with Crippen LogP contribution >= 0.6 is 0 Å². The summed E-state index contributed by atoms with van der Waals surface area (Å²) in [6.45, 7) is 1.70. The van der Waals surface area contributed by atoms with Crippen LogP contribution in [0.15, 0.2) is 53.4 Å². The molecule has 2 aromatic carbocycles. The Morgan fingerprint density at radius 1 is 1.19 bits per heavy atom. The molecule has 2 aromatic rings. The molecule has 0 aliphatic heterocycles. The smallest absolute Gasteiger partial charge is 0.243 e. The van der Waals surface area contributed by atoms with Gasteiger partial charge in [-0.25, -0.2) is 8.42 Å². The van der Waals surface area contributed by atoms with Gasteiger partial charge in [-0.05, 0) is 42.8 Å². The summed E-state index contributed by atoms with van der Waals surface area (Å²) in [5.41, 5.74) is 0.835. The summed E-state index contributed by atoms with van der Waals surface area (Å²) in [5, 5.41) is 11.5. The van der Waals surface area contributed by atoms with E-state index in [1.54, 1.807) is 24.3 Å². The van der Waals surface area contributed by atoms with E-state index in [9.17, 15) is 13.2 Å². The van der Waals surface area contributed by atoms with E-state index in [0.29, 0.717) is 23.4 Å². The highest BCUT2D eigenvalue weighted by molar-refractivity contribution is 7.89. The summed E-state index contributed by atoms with van der Waals surface area (Å²) in [6, 6.07) is 14.5. The van der Waals surface area contributed by atoms with Crippen LogP contribution in [0.25, 0.3) is 0 Å². The fourth-order valence-electron chi connectivity index (χ4n) is 2.48. The first-order valence-corrected chi connectivity index (χ1v) is 9.79. The van der Waals surface area contributed by atoms with Crippen LogP contribution in [-0.2, 0) is 14.8 Å². The molecule has 0 saturated heterocycles. The summed E-state index contributed by atoms with van der Waals surface area (Å²) in [7, 11) is -2.37. The molecule has 0 spiro atoms. The average molecular weight is 387 g/mol. The number of para-hydroxylation sites is 2. The number of ether oxygens (including phenoxy) is 1. The van der Waals surface area contributed by atoms with Crippen molar-refractivity contribution in [2.45, 2.75) is 18.2 Å². The molecule has 142 valence electrons. The second kappa shape index (κ2) is 9.16. The number of carbonyl (C=O) groups is 1. The van der Waals surface area contributed by atoms with Gasteiger partial charge in [0, 0.05) is 6.54 Å². The van der Waals surface area contributed by atoms with Crippen molar-refractivity contribution >= 4 is 21.6 Å². The van der Waals surface area contributed by atoms with E-state index in [1.807, 2.05) is 13.0 Å². The molecule has 2 rings (SSSR count). The zero-order valence-electron chi connectivity index (χ0n) is 15.2. The second-order valence-corrected chi connectivity index (χ2v) is 7.66. The van der Waals surface area contributed by atoms with Crippen LogP contribution < -0.4 is 10.1 Å². The Labute approximate surface area is 159 Å². The molecule has 0 bridgehead atoms. The van der Waals surface area contributed by atoms with Crippen LogP contribution in [0.5, 0.6) is 5.75 Å². The van der Waals surface area contributed by atoms with Gasteiger partial charge in [-0.3, -0.25) is 4.79 Å². The van der Waals surface area contributed by atoms with Crippen molar-refractivity contribution in [1.29, 1.82) is 5.26 Å². The third-order valence-corrected chi connectivity index (χ3v) is 5.65. The Hall–Kier alpha value is -2.89. The van der Waals surface area contributed by atoms with Gasteiger partial charge in [0.25, 0.3) is 0 Å². The van der Waals surface area contributed by atoms with Gasteiger partial charge in [0.05, 0.1) is 35.9 Å². The quantitative estimate of drug-likeness (QED) is 0.750. The molecule has 1 amide bonds. The molecule has 27 heavy (non-hydrogen) atoms. The maximum Gasteiger partial charge on any atom is 0.243 e. The SMILES string of the molecule is CCCN(CC(=O)Nc1ccccc1OC)S(=O)(=O)c1ccc(C#N)cc1. The lowest BCUT2D eigenvalue weighted by Gasteiger charge is -2.21. The normalized spacial score (nSPS) is 11.0. The first-order valence-electron chi connectivity index (χ1n) is 8.35. The molecule has 0 aliphatic rings. The predicted molar refractivity (Wildman–Crippen MR) is 102 cm³/mol. The van der Waals surface area contributed by atoms with Crippen molar-refractivity contribution < 1.29 is 17.9 Å². The number of methoxy groups -OCH3 is 1. The largest absolute Gasteiger partial charge is 0.495 e. The third kappa shape index (κ3) is 5.06. The number of benzene rings is 2. The van der Waals surface area contributed by atoms with E-state index in [0.717, 1.165) is 4.31 Å². The van der Waals surface area contributed by atoms with E-state index in [1.165, 1.54) is 31.4 Å². The minimum atomic E-state index is -3.86. The molecule has 0 atom stereocenters. The number of rotatable bonds is 8. The number of hydrogen-bond acceptors (Lipinski definition) is 5. The highest BCUT2D eigenvalue weighted by atomic mass is 32.2. The maximum absolute atomic E-state index is 12.9. The number of carbonyl (C=O) groups excluding carboxylic acids is 1. The number of sulfonamides is 1. The molecule has 0 radical (unpaired) electrons. The van der Waals surface area contributed by atoms with E-state index >= 15 is 0 Å². The fourth-order valence-corrected chi connectivity index (χ4v) is 3.97. The maximum atomic E-state index is 12.9. The molecule has 1 N–H and O–H groups in total. The number of nitrogens with zero attached hydrogens (tertiary/aromatic N) is 2. The van der Waals surface area contributed by atoms with Gasteiger partial charge in [-0.15, -0.1) is 0 Å². The van der Waals surface area contributed by atoms with Gasteiger partial charge in [0.1, 0.15) is 5.75 Å². The lowest BCUT2D eigenvalue weighted by molar-refractivity contribution is -0.116. The molecule has 7 nitrogen and oxygen atoms in total. The molecule has 0 aromatic heterocycles. The number of amides is 1. The zero-order valence-corrected chi connectivity index (χ0v) is 16.0. The summed E-state index contributed by atoms with van der Waals surface area (Å²) in [4.78, 5) is 12.5. The van der Waals surface area contributed by atoms with Gasteiger partial charge in [-0.1, -0.05) is 19.1 Å². The standard InChI is InChI=1S/C19H21N3O4S/c1-3-12-22(27(24,25)16-10-8-15(13-20)9-11-16)14-19(23)21-17-6-4-5-7-18(17)26-2/h4-11H,3,12,14H2,1-2H3,(H,21,23). The van der Waals surface area contributed by atoms with Gasteiger partial charge < -0.3 is 10.1 Å². The van der Waals surface area contributed by atoms with Crippen molar-refractivity contribution in [3.8, 4) is 11.8 Å². The summed E-state index contributed by atoms with van der Waals surface area (Å²) in [5.74, 6) is 0.0213. The zero-order chi connectivity index (χ0) is 19.9. The van der Waals surface area contributed by atoms with E-state index in [4.69, 9.17) is 10.00 Å². The first kappa shape index (κ1) is 20.4. The molecule has 0 fully saturated rings. The lowest BCUT2D eigenvalue weighted by atomic mass is 10.2. The highest BCUT2D eigenvalue weighted by Crippen LogP contribution is 2.23. The number of anilines is 1. The van der Waals surface area contributed by atoms with Crippen LogP contribution in [0.4, 0.5) is 5.69 Å². The minimum Gasteiger partial charge on any atom is -0.495 e. The summed E-state index contributed by atoms with van der Waals surface area (Å²) >= 11 is 0. The van der Waals surface area contributed by atoms with Crippen LogP contribution in [-0.4, -0.2) is 38.8 Å². The number of nitrogens with one attached hydrogen (secondary N) is 1. The molecule has 0 aliphatic carbocycles. The van der Waals surface area contributed by atoms with Crippen LogP contribution in [0.2, 0.25) is 0 Å². The van der Waals surface area contributed by atoms with Crippen LogP contribution in [0.1, 0.15) is 18.9 Å². The van der Waals surface area contributed by atoms with Crippen molar-refractivity contribution in [2.75, 3.05) is 25.5 Å². The van der Waals surface area contributed by atoms with Gasteiger partial charge in [0.15, 0.2) is 0 Å². The molecule has 0 saturated carbocycles. The van der Waals surface area contributed by atoms with Crippen LogP contribution in [0.3, 0.4) is 0 Å². The van der Waals surface area contributed by atoms with Gasteiger partial charge in [0.2, 0.25) is 15.9 Å². The Morgan fingerprint density at radius 2 is 1.85 bits per heavy atom. The monoisotopic (exact) mass is 387 g/mol. The highest BCUT2D eigenvalue weighted by Gasteiger charge is 2.26. The Bertz CT molecular complexity index is 934. The molecular formula is C19H21N3O4S. The Kier molecular flexibility index (Phi) is 6.93. The minimum absolute atomic E-state index is 0.0417. The van der Waals surface area contributed by atoms with Gasteiger partial charge in [-0.2, -0.15) is 9.57 Å². The van der Waals surface area contributed by atoms with Crippen LogP contribution in [0, 0.1) is 11.3 Å². The third-order valence-electron chi connectivity index (χ3n) is 3.80. The van der Waals surface area contributed by atoms with Crippen molar-refractivity contribution in [3.05, 3.63) is 54.1 Å². The number of nitriles is 1. The predicted octanol–water partition coefficient (Wildman–Crippen LogP) is 2.61. The van der Waals surface area contributed by atoms with Crippen molar-refractivity contribution in [3.63, 3.8) is 0 Å². The second-order valence-electron chi connectivity index (χ2n) is 5.72. The first-order chi connectivity index (χ1) is 12.9. The summed E-state index contributed by atoms with van der Waals surface area (Å²) in [6.07, 6.45) is 0.553. The molecule has 8 heteroatoms. The topological polar surface area (TPSA) is 99.5 Å².